The molecule has 0 rings (SSSR count). The summed E-state index contributed by atoms with van der Waals surface area (Å²) in [7, 11) is -3.81. The van der Waals surface area contributed by atoms with Crippen LogP contribution in [0.15, 0.2) is 0 Å². The van der Waals surface area contributed by atoms with Gasteiger partial charge in [0.2, 0.25) is 0 Å². The summed E-state index contributed by atoms with van der Waals surface area (Å²) in [6.07, 6.45) is 33.1. The second-order valence-corrected chi connectivity index (χ2v) is 11.8. The van der Waals surface area contributed by atoms with E-state index in [1.165, 1.54) is 141 Å². The molecular weight excluding hydrogens is 456 g/mol. The average molecular weight is 519 g/mol. The minimum atomic E-state index is -3.81. The van der Waals surface area contributed by atoms with Crippen LogP contribution in [0.1, 0.15) is 181 Å². The van der Waals surface area contributed by atoms with E-state index in [1.54, 1.807) is 0 Å². The van der Waals surface area contributed by atoms with E-state index in [9.17, 15) is 8.42 Å². The van der Waals surface area contributed by atoms with Gasteiger partial charge in [-0.2, -0.15) is 8.42 Å². The molecule has 0 amide bonds. The van der Waals surface area contributed by atoms with Crippen LogP contribution in [0, 0.1) is 0 Å². The number of hydrogen-bond acceptors (Lipinski definition) is 4. The van der Waals surface area contributed by atoms with Gasteiger partial charge in [0.25, 0.3) is 0 Å². The first kappa shape index (κ1) is 34.9. The molecule has 0 saturated carbocycles. The van der Waals surface area contributed by atoms with Crippen LogP contribution < -0.4 is 0 Å². The summed E-state index contributed by atoms with van der Waals surface area (Å²) in [6.45, 7) is 5.03. The predicted molar refractivity (Wildman–Crippen MR) is 152 cm³/mol. The largest absolute Gasteiger partial charge is 0.399 e. The van der Waals surface area contributed by atoms with Gasteiger partial charge in [-0.15, -0.1) is 0 Å². The Bertz CT molecular complexity index is 455. The molecule has 0 aromatic rings. The van der Waals surface area contributed by atoms with E-state index in [1.807, 2.05) is 0 Å². The summed E-state index contributed by atoms with van der Waals surface area (Å²) in [4.78, 5) is 0. The number of rotatable bonds is 30. The second-order valence-electron chi connectivity index (χ2n) is 10.5. The molecule has 0 fully saturated rings. The molecule has 0 aliphatic rings. The van der Waals surface area contributed by atoms with Gasteiger partial charge in [0.1, 0.15) is 0 Å². The standard InChI is InChI=1S/C30H62O4S/c1-3-5-7-9-11-13-15-17-19-21-23-25-27-29-33-35(31,32)34-30-28-26-24-22-20-18-16-14-12-10-8-6-4-2/h3-30H2,1-2H3. The van der Waals surface area contributed by atoms with Crippen LogP contribution in [-0.2, 0) is 18.8 Å². The van der Waals surface area contributed by atoms with Gasteiger partial charge in [-0.1, -0.05) is 168 Å². The Morgan fingerprint density at radius 2 is 0.543 bits per heavy atom. The number of unbranched alkanes of at least 4 members (excludes halogenated alkanes) is 24. The maximum absolute atomic E-state index is 11.8. The van der Waals surface area contributed by atoms with Crippen LogP contribution in [0.4, 0.5) is 0 Å². The van der Waals surface area contributed by atoms with Crippen molar-refractivity contribution in [1.82, 2.24) is 0 Å². The number of hydrogen-bond donors (Lipinski definition) is 0. The molecule has 212 valence electrons. The van der Waals surface area contributed by atoms with E-state index in [4.69, 9.17) is 8.37 Å². The van der Waals surface area contributed by atoms with Crippen LogP contribution >= 0.6 is 0 Å². The lowest BCUT2D eigenvalue weighted by Crippen LogP contribution is -2.12. The molecule has 0 aliphatic carbocycles. The molecule has 5 heteroatoms. The SMILES string of the molecule is CCCCCCCCCCCCCCCOS(=O)(=O)OCCCCCCCCCCCCCCC. The Hall–Kier alpha value is -0.130. The van der Waals surface area contributed by atoms with Gasteiger partial charge in [0.05, 0.1) is 13.2 Å². The summed E-state index contributed by atoms with van der Waals surface area (Å²) < 4.78 is 33.6. The molecule has 0 saturated heterocycles. The van der Waals surface area contributed by atoms with Crippen LogP contribution in [0.3, 0.4) is 0 Å². The lowest BCUT2D eigenvalue weighted by molar-refractivity contribution is 0.208. The van der Waals surface area contributed by atoms with E-state index >= 15 is 0 Å². The summed E-state index contributed by atoms with van der Waals surface area (Å²) in [5.74, 6) is 0. The van der Waals surface area contributed by atoms with Gasteiger partial charge in [-0.25, -0.2) is 8.37 Å². The van der Waals surface area contributed by atoms with Gasteiger partial charge in [0, 0.05) is 0 Å². The zero-order valence-corrected chi connectivity index (χ0v) is 24.7. The second kappa shape index (κ2) is 28.4. The van der Waals surface area contributed by atoms with E-state index < -0.39 is 10.4 Å². The molecule has 0 aliphatic heterocycles. The van der Waals surface area contributed by atoms with Crippen molar-refractivity contribution >= 4 is 10.4 Å². The Morgan fingerprint density at radius 1 is 0.343 bits per heavy atom. The minimum absolute atomic E-state index is 0.249. The molecule has 4 nitrogen and oxygen atoms in total. The Balaban J connectivity index is 3.29. The van der Waals surface area contributed by atoms with Crippen molar-refractivity contribution in [3.8, 4) is 0 Å². The molecular formula is C30H62O4S. The maximum atomic E-state index is 11.8. The maximum Gasteiger partial charge on any atom is 0.399 e. The fourth-order valence-electron chi connectivity index (χ4n) is 4.60. The molecule has 0 spiro atoms. The molecule has 0 aromatic carbocycles. The van der Waals surface area contributed by atoms with Crippen molar-refractivity contribution < 1.29 is 16.8 Å². The highest BCUT2D eigenvalue weighted by Crippen LogP contribution is 2.14. The summed E-state index contributed by atoms with van der Waals surface area (Å²) in [5.41, 5.74) is 0. The molecule has 0 N–H and O–H groups in total. The first-order valence-electron chi connectivity index (χ1n) is 15.7. The van der Waals surface area contributed by atoms with Crippen molar-refractivity contribution in [2.24, 2.45) is 0 Å². The topological polar surface area (TPSA) is 52.6 Å². The van der Waals surface area contributed by atoms with Crippen molar-refractivity contribution in [1.29, 1.82) is 0 Å². The summed E-state index contributed by atoms with van der Waals surface area (Å²) >= 11 is 0. The zero-order valence-electron chi connectivity index (χ0n) is 23.8. The first-order chi connectivity index (χ1) is 17.1. The van der Waals surface area contributed by atoms with E-state index in [2.05, 4.69) is 13.8 Å². The van der Waals surface area contributed by atoms with Crippen molar-refractivity contribution in [2.45, 2.75) is 181 Å². The van der Waals surface area contributed by atoms with Gasteiger partial charge in [-0.05, 0) is 12.8 Å². The van der Waals surface area contributed by atoms with E-state index in [0.29, 0.717) is 0 Å². The molecule has 0 aromatic heterocycles. The van der Waals surface area contributed by atoms with Crippen LogP contribution in [-0.4, -0.2) is 21.6 Å². The van der Waals surface area contributed by atoms with Crippen LogP contribution in [0.25, 0.3) is 0 Å². The Kier molecular flexibility index (Phi) is 28.3. The molecule has 0 radical (unpaired) electrons. The normalized spacial score (nSPS) is 11.9. The third-order valence-electron chi connectivity index (χ3n) is 6.95. The smallest absolute Gasteiger partial charge is 0.248 e. The quantitative estimate of drug-likeness (QED) is 0.0887. The third kappa shape index (κ3) is 30.0. The Morgan fingerprint density at radius 3 is 0.771 bits per heavy atom. The van der Waals surface area contributed by atoms with Gasteiger partial charge in [0.15, 0.2) is 0 Å². The highest BCUT2D eigenvalue weighted by atomic mass is 32.3. The summed E-state index contributed by atoms with van der Waals surface area (Å²) in [5, 5.41) is 0. The molecule has 35 heavy (non-hydrogen) atoms. The van der Waals surface area contributed by atoms with Crippen molar-refractivity contribution in [3.63, 3.8) is 0 Å². The van der Waals surface area contributed by atoms with Gasteiger partial charge in [-0.3, -0.25) is 0 Å². The molecule has 0 atom stereocenters. The fourth-order valence-corrected chi connectivity index (χ4v) is 5.31. The van der Waals surface area contributed by atoms with E-state index in [0.717, 1.165) is 25.7 Å². The van der Waals surface area contributed by atoms with Gasteiger partial charge < -0.3 is 0 Å². The average Bonchev–Trinajstić information content (AvgIpc) is 2.84. The minimum Gasteiger partial charge on any atom is -0.248 e. The van der Waals surface area contributed by atoms with Crippen LogP contribution in [0.2, 0.25) is 0 Å². The lowest BCUT2D eigenvalue weighted by atomic mass is 10.0. The van der Waals surface area contributed by atoms with Crippen molar-refractivity contribution in [3.05, 3.63) is 0 Å². The Labute approximate surface area is 221 Å². The fraction of sp³-hybridized carbons (Fsp3) is 1.00. The lowest BCUT2D eigenvalue weighted by Gasteiger charge is -2.07. The summed E-state index contributed by atoms with van der Waals surface area (Å²) in [6, 6.07) is 0. The monoisotopic (exact) mass is 518 g/mol. The highest BCUT2D eigenvalue weighted by Gasteiger charge is 2.11. The third-order valence-corrected chi connectivity index (χ3v) is 7.86. The zero-order chi connectivity index (χ0) is 25.7. The molecule has 0 bridgehead atoms. The van der Waals surface area contributed by atoms with Crippen molar-refractivity contribution in [2.75, 3.05) is 13.2 Å². The molecule has 0 unspecified atom stereocenters. The van der Waals surface area contributed by atoms with E-state index in [-0.39, 0.29) is 13.2 Å². The first-order valence-corrected chi connectivity index (χ1v) is 17.0. The predicted octanol–water partition coefficient (Wildman–Crippen LogP) is 10.4. The van der Waals surface area contributed by atoms with Crippen LogP contribution in [0.5, 0.6) is 0 Å². The van der Waals surface area contributed by atoms with Gasteiger partial charge >= 0.3 is 10.4 Å². The molecule has 0 heterocycles. The highest BCUT2D eigenvalue weighted by molar-refractivity contribution is 7.81.